The van der Waals surface area contributed by atoms with Crippen LogP contribution in [0.25, 0.3) is 0 Å². The van der Waals surface area contributed by atoms with E-state index in [1.807, 2.05) is 19.4 Å². The summed E-state index contributed by atoms with van der Waals surface area (Å²) >= 11 is 1.50. The van der Waals surface area contributed by atoms with Crippen LogP contribution in [0.4, 0.5) is 11.6 Å². The van der Waals surface area contributed by atoms with E-state index >= 15 is 0 Å². The molecule has 0 spiro atoms. The van der Waals surface area contributed by atoms with E-state index in [4.69, 9.17) is 0 Å². The molecule has 3 N–H and O–H groups in total. The minimum Gasteiger partial charge on any atom is -0.391 e. The van der Waals surface area contributed by atoms with E-state index in [2.05, 4.69) is 34.4 Å². The molecule has 1 aromatic rings. The normalized spacial score (nSPS) is 12.5. The zero-order valence-electron chi connectivity index (χ0n) is 12.1. The molecule has 0 aliphatic rings. The first-order valence-corrected chi connectivity index (χ1v) is 7.89. The van der Waals surface area contributed by atoms with Crippen molar-refractivity contribution in [3.63, 3.8) is 0 Å². The Bertz CT molecular complexity index is 363. The smallest absolute Gasteiger partial charge is 0.191 e. The third kappa shape index (κ3) is 4.87. The van der Waals surface area contributed by atoms with Gasteiger partial charge in [-0.2, -0.15) is 0 Å². The van der Waals surface area contributed by atoms with Crippen LogP contribution in [0.5, 0.6) is 0 Å². The van der Waals surface area contributed by atoms with E-state index in [1.54, 1.807) is 0 Å². The molecule has 5 nitrogen and oxygen atoms in total. The number of hydrogen-bond acceptors (Lipinski definition) is 6. The van der Waals surface area contributed by atoms with Gasteiger partial charge >= 0.3 is 0 Å². The largest absolute Gasteiger partial charge is 0.391 e. The van der Waals surface area contributed by atoms with Gasteiger partial charge in [-0.1, -0.05) is 38.5 Å². The summed E-state index contributed by atoms with van der Waals surface area (Å²) in [6.45, 7) is 4.72. The second-order valence-corrected chi connectivity index (χ2v) is 5.17. The minimum absolute atomic E-state index is 0.332. The van der Waals surface area contributed by atoms with E-state index in [0.717, 1.165) is 24.5 Å². The highest BCUT2D eigenvalue weighted by Gasteiger charge is 2.15. The minimum atomic E-state index is -0.347. The standard InChI is InChI=1S/C13H24N4OS/c1-5-9(6-2)10(18)8-15-12-7-11(14-3)16-13(17-12)19-4/h7,9-10,18H,5-6,8H2,1-4H3,(H2,14,15,16,17). The molecule has 0 amide bonds. The zero-order chi connectivity index (χ0) is 14.3. The molecule has 0 saturated heterocycles. The Kier molecular flexibility index (Phi) is 6.94. The molecular formula is C13H24N4OS. The van der Waals surface area contributed by atoms with Crippen molar-refractivity contribution in [2.45, 2.75) is 37.9 Å². The molecule has 0 aliphatic heterocycles. The van der Waals surface area contributed by atoms with Crippen LogP contribution in [0.3, 0.4) is 0 Å². The van der Waals surface area contributed by atoms with Gasteiger partial charge in [-0.25, -0.2) is 9.97 Å². The molecular weight excluding hydrogens is 260 g/mol. The fourth-order valence-electron chi connectivity index (χ4n) is 1.94. The molecule has 0 radical (unpaired) electrons. The summed E-state index contributed by atoms with van der Waals surface area (Å²) in [5.41, 5.74) is 0. The molecule has 0 saturated carbocycles. The first kappa shape index (κ1) is 16.0. The molecule has 0 bridgehead atoms. The van der Waals surface area contributed by atoms with Crippen molar-refractivity contribution in [1.29, 1.82) is 0 Å². The van der Waals surface area contributed by atoms with Crippen molar-refractivity contribution in [2.24, 2.45) is 5.92 Å². The van der Waals surface area contributed by atoms with Gasteiger partial charge in [-0.15, -0.1) is 0 Å². The molecule has 0 aromatic carbocycles. The number of aliphatic hydroxyl groups excluding tert-OH is 1. The lowest BCUT2D eigenvalue weighted by Crippen LogP contribution is -2.28. The molecule has 1 heterocycles. The van der Waals surface area contributed by atoms with Gasteiger partial charge < -0.3 is 15.7 Å². The number of rotatable bonds is 8. The summed E-state index contributed by atoms with van der Waals surface area (Å²) in [4.78, 5) is 8.68. The maximum Gasteiger partial charge on any atom is 0.191 e. The number of aromatic nitrogens is 2. The summed E-state index contributed by atoms with van der Waals surface area (Å²) in [5, 5.41) is 17.0. The Morgan fingerprint density at radius 3 is 2.42 bits per heavy atom. The summed E-state index contributed by atoms with van der Waals surface area (Å²) in [7, 11) is 1.83. The lowest BCUT2D eigenvalue weighted by atomic mass is 9.97. The second-order valence-electron chi connectivity index (χ2n) is 4.40. The number of anilines is 2. The number of hydrogen-bond donors (Lipinski definition) is 3. The van der Waals surface area contributed by atoms with E-state index in [-0.39, 0.29) is 6.10 Å². The Hall–Kier alpha value is -1.01. The summed E-state index contributed by atoms with van der Waals surface area (Å²) in [6.07, 6.45) is 3.57. The number of thioether (sulfide) groups is 1. The van der Waals surface area contributed by atoms with Gasteiger partial charge in [0.2, 0.25) is 0 Å². The third-order valence-corrected chi connectivity index (χ3v) is 3.78. The molecule has 1 rings (SSSR count). The quantitative estimate of drug-likeness (QED) is 0.503. The van der Waals surface area contributed by atoms with Crippen LogP contribution in [0, 0.1) is 5.92 Å². The monoisotopic (exact) mass is 284 g/mol. The van der Waals surface area contributed by atoms with Crippen LogP contribution in [-0.4, -0.2) is 41.0 Å². The van der Waals surface area contributed by atoms with Crippen LogP contribution < -0.4 is 10.6 Å². The van der Waals surface area contributed by atoms with Gasteiger partial charge in [0, 0.05) is 19.7 Å². The van der Waals surface area contributed by atoms with Crippen LogP contribution in [0.15, 0.2) is 11.2 Å². The predicted octanol–water partition coefficient (Wildman–Crippen LogP) is 2.45. The molecule has 0 aliphatic carbocycles. The SMILES string of the molecule is CCC(CC)C(O)CNc1cc(NC)nc(SC)n1. The Labute approximate surface area is 119 Å². The fourth-order valence-corrected chi connectivity index (χ4v) is 2.32. The first-order valence-electron chi connectivity index (χ1n) is 6.67. The van der Waals surface area contributed by atoms with Crippen LogP contribution >= 0.6 is 11.8 Å². The average molecular weight is 284 g/mol. The van der Waals surface area contributed by atoms with Crippen molar-refractivity contribution in [1.82, 2.24) is 9.97 Å². The number of aliphatic hydroxyl groups is 1. The second kappa shape index (κ2) is 8.22. The third-order valence-electron chi connectivity index (χ3n) is 3.23. The lowest BCUT2D eigenvalue weighted by Gasteiger charge is -2.20. The maximum atomic E-state index is 10.1. The summed E-state index contributed by atoms with van der Waals surface area (Å²) in [6, 6.07) is 1.85. The van der Waals surface area contributed by atoms with E-state index in [1.165, 1.54) is 11.8 Å². The molecule has 108 valence electrons. The Morgan fingerprint density at radius 1 is 1.26 bits per heavy atom. The van der Waals surface area contributed by atoms with Crippen molar-refractivity contribution >= 4 is 23.4 Å². The number of nitrogens with one attached hydrogen (secondary N) is 2. The topological polar surface area (TPSA) is 70.1 Å². The zero-order valence-corrected chi connectivity index (χ0v) is 12.9. The Balaban J connectivity index is 2.66. The average Bonchev–Trinajstić information content (AvgIpc) is 2.45. The molecule has 1 aromatic heterocycles. The van der Waals surface area contributed by atoms with Crippen molar-refractivity contribution in [3.8, 4) is 0 Å². The van der Waals surface area contributed by atoms with E-state index < -0.39 is 0 Å². The molecule has 19 heavy (non-hydrogen) atoms. The van der Waals surface area contributed by atoms with E-state index in [0.29, 0.717) is 17.6 Å². The first-order chi connectivity index (χ1) is 9.14. The van der Waals surface area contributed by atoms with Gasteiger partial charge in [0.15, 0.2) is 5.16 Å². The van der Waals surface area contributed by atoms with Gasteiger partial charge in [0.1, 0.15) is 11.6 Å². The van der Waals surface area contributed by atoms with Crippen LogP contribution in [0.2, 0.25) is 0 Å². The van der Waals surface area contributed by atoms with Crippen molar-refractivity contribution < 1.29 is 5.11 Å². The number of nitrogens with zero attached hydrogens (tertiary/aromatic N) is 2. The highest BCUT2D eigenvalue weighted by Crippen LogP contribution is 2.18. The van der Waals surface area contributed by atoms with Gasteiger partial charge in [-0.3, -0.25) is 0 Å². The molecule has 6 heteroatoms. The molecule has 0 fully saturated rings. The maximum absolute atomic E-state index is 10.1. The van der Waals surface area contributed by atoms with Gasteiger partial charge in [0.05, 0.1) is 6.10 Å². The highest BCUT2D eigenvalue weighted by atomic mass is 32.2. The van der Waals surface area contributed by atoms with Crippen molar-refractivity contribution in [2.75, 3.05) is 30.5 Å². The van der Waals surface area contributed by atoms with Crippen LogP contribution in [0.1, 0.15) is 26.7 Å². The van der Waals surface area contributed by atoms with Crippen LogP contribution in [-0.2, 0) is 0 Å². The Morgan fingerprint density at radius 2 is 1.89 bits per heavy atom. The highest BCUT2D eigenvalue weighted by molar-refractivity contribution is 7.98. The predicted molar refractivity (Wildman–Crippen MR) is 81.9 cm³/mol. The van der Waals surface area contributed by atoms with E-state index in [9.17, 15) is 5.11 Å². The van der Waals surface area contributed by atoms with Gasteiger partial charge in [0.25, 0.3) is 0 Å². The summed E-state index contributed by atoms with van der Waals surface area (Å²) < 4.78 is 0. The molecule has 1 atom stereocenters. The van der Waals surface area contributed by atoms with Crippen molar-refractivity contribution in [3.05, 3.63) is 6.07 Å². The van der Waals surface area contributed by atoms with Gasteiger partial charge in [-0.05, 0) is 12.2 Å². The lowest BCUT2D eigenvalue weighted by molar-refractivity contribution is 0.114. The molecule has 1 unspecified atom stereocenters. The summed E-state index contributed by atoms with van der Waals surface area (Å²) in [5.74, 6) is 1.85. The fraction of sp³-hybridized carbons (Fsp3) is 0.692.